The maximum Gasteiger partial charge on any atom is 0.270 e. The second kappa shape index (κ2) is 13.1. The number of sulfone groups is 1. The molecular weight excluding hydrogens is 793 g/mol. The van der Waals surface area contributed by atoms with Crippen LogP contribution in [0.2, 0.25) is 0 Å². The Labute approximate surface area is 342 Å². The van der Waals surface area contributed by atoms with Gasteiger partial charge in [0.05, 0.1) is 21.2 Å². The van der Waals surface area contributed by atoms with Crippen LogP contribution in [0, 0.1) is 33.5 Å². The largest absolute Gasteiger partial charge is 0.438 e. The number of aromatic nitrogens is 2. The molecule has 0 bridgehead atoms. The zero-order valence-corrected chi connectivity index (χ0v) is 32.2. The number of nitrogen functional groups attached to an aromatic ring is 2. The minimum atomic E-state index is -4.21. The Morgan fingerprint density at radius 3 is 1.26 bits per heavy atom. The normalized spacial score (nSPS) is 11.8. The minimum Gasteiger partial charge on any atom is -0.438 e. The molecule has 0 spiro atoms. The Kier molecular flexibility index (Phi) is 7.86. The van der Waals surface area contributed by atoms with Gasteiger partial charge in [-0.3, -0.25) is 29.5 Å². The lowest BCUT2D eigenvalue weighted by Crippen LogP contribution is -2.27. The molecule has 0 aliphatic heterocycles. The number of nitriles is 2. The van der Waals surface area contributed by atoms with Crippen LogP contribution in [-0.4, -0.2) is 17.6 Å². The first-order valence-electron chi connectivity index (χ1n) is 18.5. The SMILES string of the molecule is N#Cc1c(N)n(-c2ccc(S(=O)(=O)c3ccc(-n4c(N)c(C#N)c5c(c(=N)oc6ccc7ccccc7c65)c4=O)cc3)cc2)c(=O)c2c(=N)oc3ccc4ccccc4c3c12. The summed E-state index contributed by atoms with van der Waals surface area (Å²) in [6, 6.07) is 36.4. The van der Waals surface area contributed by atoms with Crippen LogP contribution < -0.4 is 33.7 Å². The summed E-state index contributed by atoms with van der Waals surface area (Å²) in [5.41, 5.74) is 11.4. The summed E-state index contributed by atoms with van der Waals surface area (Å²) in [4.78, 5) is 28.0. The lowest BCUT2D eigenvalue weighted by Gasteiger charge is -2.16. The molecule has 10 rings (SSSR count). The van der Waals surface area contributed by atoms with Gasteiger partial charge < -0.3 is 20.3 Å². The van der Waals surface area contributed by atoms with Crippen molar-refractivity contribution in [3.63, 3.8) is 0 Å². The fourth-order valence-corrected chi connectivity index (χ4v) is 9.50. The Hall–Kier alpha value is -8.79. The highest BCUT2D eigenvalue weighted by Gasteiger charge is 2.25. The van der Waals surface area contributed by atoms with E-state index >= 15 is 0 Å². The van der Waals surface area contributed by atoms with Crippen molar-refractivity contribution in [3.05, 3.63) is 164 Å². The first-order valence-corrected chi connectivity index (χ1v) is 19.9. The number of fused-ring (bicyclic) bond motifs is 10. The van der Waals surface area contributed by atoms with Gasteiger partial charge in [-0.25, -0.2) is 8.42 Å². The zero-order valence-electron chi connectivity index (χ0n) is 31.3. The highest BCUT2D eigenvalue weighted by atomic mass is 32.2. The summed E-state index contributed by atoms with van der Waals surface area (Å²) in [6.07, 6.45) is 0. The molecule has 0 aliphatic carbocycles. The molecule has 6 aromatic carbocycles. The second-order valence-electron chi connectivity index (χ2n) is 14.2. The van der Waals surface area contributed by atoms with E-state index in [9.17, 15) is 28.5 Å². The molecule has 10 aromatic rings. The first kappa shape index (κ1) is 36.5. The predicted molar refractivity (Wildman–Crippen MR) is 229 cm³/mol. The highest BCUT2D eigenvalue weighted by molar-refractivity contribution is 7.91. The lowest BCUT2D eigenvalue weighted by atomic mass is 9.98. The summed E-state index contributed by atoms with van der Waals surface area (Å²) >= 11 is 0. The van der Waals surface area contributed by atoms with E-state index in [4.69, 9.17) is 31.1 Å². The van der Waals surface area contributed by atoms with Crippen molar-refractivity contribution in [2.24, 2.45) is 0 Å². The lowest BCUT2D eigenvalue weighted by molar-refractivity contribution is 0.541. The summed E-state index contributed by atoms with van der Waals surface area (Å²) in [5, 5.41) is 42.1. The zero-order chi connectivity index (χ0) is 42.5. The van der Waals surface area contributed by atoms with Gasteiger partial charge in [0.1, 0.15) is 56.8 Å². The van der Waals surface area contributed by atoms with E-state index in [2.05, 4.69) is 12.1 Å². The third kappa shape index (κ3) is 5.15. The molecular formula is C46H26N8O6S. The molecule has 0 saturated heterocycles. The topological polar surface area (TPSA) is 252 Å². The van der Waals surface area contributed by atoms with Crippen LogP contribution in [-0.2, 0) is 9.84 Å². The highest BCUT2D eigenvalue weighted by Crippen LogP contribution is 2.36. The number of nitrogens with two attached hydrogens (primary N) is 2. The van der Waals surface area contributed by atoms with Crippen LogP contribution in [0.5, 0.6) is 0 Å². The summed E-state index contributed by atoms with van der Waals surface area (Å²) < 4.78 is 41.6. The molecule has 61 heavy (non-hydrogen) atoms. The van der Waals surface area contributed by atoms with Gasteiger partial charge in [-0.1, -0.05) is 60.7 Å². The van der Waals surface area contributed by atoms with E-state index in [0.717, 1.165) is 19.9 Å². The quantitative estimate of drug-likeness (QED) is 0.135. The van der Waals surface area contributed by atoms with Crippen molar-refractivity contribution in [2.75, 3.05) is 11.5 Å². The number of anilines is 2. The van der Waals surface area contributed by atoms with E-state index in [-0.39, 0.29) is 65.5 Å². The molecule has 0 radical (unpaired) electrons. The Morgan fingerprint density at radius 1 is 0.508 bits per heavy atom. The Bertz CT molecular complexity index is 3820. The number of pyridine rings is 2. The van der Waals surface area contributed by atoms with E-state index in [1.165, 1.54) is 48.5 Å². The molecule has 292 valence electrons. The molecule has 0 unspecified atom stereocenters. The predicted octanol–water partition coefficient (Wildman–Crippen LogP) is 6.79. The van der Waals surface area contributed by atoms with Crippen molar-refractivity contribution in [2.45, 2.75) is 9.79 Å². The number of nitrogens with one attached hydrogen (secondary N) is 2. The third-order valence-corrected chi connectivity index (χ3v) is 12.8. The van der Waals surface area contributed by atoms with Crippen LogP contribution in [0.25, 0.3) is 76.4 Å². The van der Waals surface area contributed by atoms with E-state index in [0.29, 0.717) is 32.7 Å². The van der Waals surface area contributed by atoms with E-state index in [1.807, 2.05) is 60.7 Å². The molecule has 15 heteroatoms. The number of rotatable bonds is 4. The van der Waals surface area contributed by atoms with Crippen LogP contribution in [0.4, 0.5) is 11.6 Å². The standard InChI is InChI=1S/C46H26N8O6S/c47-21-31-37-35-29-7-3-1-5-23(29)9-19-33(35)59-43(51)39(37)45(55)53(41(31)49)25-11-15-27(16-12-25)61(57,58)28-17-13-26(14-18-28)54-42(50)32(22-48)38-36-30-8-4-2-6-24(30)10-20-34(36)60-44(52)40(38)46(54)56/h1-20,51-52H,49-50H2. The van der Waals surface area contributed by atoms with Gasteiger partial charge in [0, 0.05) is 21.5 Å². The maximum atomic E-state index is 14.2. The molecule has 14 nitrogen and oxygen atoms in total. The summed E-state index contributed by atoms with van der Waals surface area (Å²) in [5.74, 6) is -0.414. The second-order valence-corrected chi connectivity index (χ2v) is 16.1. The molecule has 0 fully saturated rings. The smallest absolute Gasteiger partial charge is 0.270 e. The maximum absolute atomic E-state index is 14.2. The summed E-state index contributed by atoms with van der Waals surface area (Å²) in [7, 11) is -4.21. The van der Waals surface area contributed by atoms with Gasteiger partial charge >= 0.3 is 0 Å². The van der Waals surface area contributed by atoms with Crippen molar-refractivity contribution in [1.29, 1.82) is 21.3 Å². The van der Waals surface area contributed by atoms with Crippen LogP contribution in [0.15, 0.2) is 150 Å². The van der Waals surface area contributed by atoms with Gasteiger partial charge in [0.15, 0.2) is 0 Å². The Balaban J connectivity index is 1.06. The van der Waals surface area contributed by atoms with Crippen molar-refractivity contribution >= 4 is 86.5 Å². The molecule has 0 amide bonds. The van der Waals surface area contributed by atoms with E-state index < -0.39 is 32.1 Å². The number of benzene rings is 6. The van der Waals surface area contributed by atoms with Gasteiger partial charge in [-0.2, -0.15) is 10.5 Å². The first-order chi connectivity index (χ1) is 29.4. The van der Waals surface area contributed by atoms with Crippen LogP contribution in [0.1, 0.15) is 11.1 Å². The average molecular weight is 819 g/mol. The molecule has 0 atom stereocenters. The molecule has 0 saturated carbocycles. The number of hydrogen-bond donors (Lipinski definition) is 4. The van der Waals surface area contributed by atoms with Crippen molar-refractivity contribution in [3.8, 4) is 23.5 Å². The fourth-order valence-electron chi connectivity index (χ4n) is 8.24. The third-order valence-electron chi connectivity index (χ3n) is 11.0. The molecule has 4 aromatic heterocycles. The van der Waals surface area contributed by atoms with Gasteiger partial charge in [0.2, 0.25) is 20.9 Å². The monoisotopic (exact) mass is 818 g/mol. The fraction of sp³-hybridized carbons (Fsp3) is 0. The van der Waals surface area contributed by atoms with Crippen molar-refractivity contribution in [1.82, 2.24) is 9.13 Å². The molecule has 0 aliphatic rings. The van der Waals surface area contributed by atoms with Gasteiger partial charge in [0.25, 0.3) is 11.1 Å². The molecule has 4 heterocycles. The number of hydrogen-bond acceptors (Lipinski definition) is 12. The minimum absolute atomic E-state index is 0.0553. The van der Waals surface area contributed by atoms with Crippen LogP contribution in [0.3, 0.4) is 0 Å². The average Bonchev–Trinajstić information content (AvgIpc) is 3.26. The van der Waals surface area contributed by atoms with Crippen molar-refractivity contribution < 1.29 is 17.3 Å². The molecule has 6 N–H and O–H groups in total. The van der Waals surface area contributed by atoms with Crippen LogP contribution >= 0.6 is 0 Å². The number of nitrogens with zero attached hydrogens (tertiary/aromatic N) is 4. The van der Waals surface area contributed by atoms with Gasteiger partial charge in [-0.05, 0) is 82.2 Å². The summed E-state index contributed by atoms with van der Waals surface area (Å²) in [6.45, 7) is 0. The van der Waals surface area contributed by atoms with E-state index in [1.54, 1.807) is 12.1 Å². The Morgan fingerprint density at radius 2 is 0.885 bits per heavy atom. The van der Waals surface area contributed by atoms with Gasteiger partial charge in [-0.15, -0.1) is 0 Å².